The Balaban J connectivity index is 1.55. The van der Waals surface area contributed by atoms with Gasteiger partial charge in [0.25, 0.3) is 5.91 Å². The number of hydrogen-bond acceptors (Lipinski definition) is 4. The van der Waals surface area contributed by atoms with E-state index in [1.807, 2.05) is 37.4 Å². The number of nitrogens with one attached hydrogen (secondary N) is 1. The topological polar surface area (TPSA) is 85.0 Å². The largest absolute Gasteiger partial charge is 0.391 e. The van der Waals surface area contributed by atoms with Gasteiger partial charge in [0, 0.05) is 18.6 Å². The lowest BCUT2D eigenvalue weighted by Gasteiger charge is -2.41. The van der Waals surface area contributed by atoms with E-state index in [0.29, 0.717) is 12.0 Å². The lowest BCUT2D eigenvalue weighted by atomic mass is 9.83. The number of rotatable bonds is 4. The number of hydrogen-bond donors (Lipinski definition) is 2. The second kappa shape index (κ2) is 6.18. The van der Waals surface area contributed by atoms with Crippen molar-refractivity contribution in [2.24, 2.45) is 0 Å². The Kier molecular flexibility index (Phi) is 3.85. The van der Waals surface area contributed by atoms with Crippen LogP contribution in [0.4, 0.5) is 0 Å². The molecular formula is C18H19N5O2. The lowest BCUT2D eigenvalue weighted by molar-refractivity contribution is -0.00590. The number of carbonyl (C=O) groups excluding carboxylic acids is 1. The number of nitrogens with zero attached hydrogens (tertiary/aromatic N) is 4. The fourth-order valence-electron chi connectivity index (χ4n) is 3.24. The maximum Gasteiger partial charge on any atom is 0.253 e. The maximum atomic E-state index is 12.8. The quantitative estimate of drug-likeness (QED) is 0.755. The molecule has 0 aliphatic heterocycles. The van der Waals surface area contributed by atoms with E-state index in [4.69, 9.17) is 0 Å². The highest BCUT2D eigenvalue weighted by Crippen LogP contribution is 2.33. The van der Waals surface area contributed by atoms with Gasteiger partial charge in [-0.3, -0.25) is 9.48 Å². The van der Waals surface area contributed by atoms with Crippen LogP contribution in [-0.4, -0.2) is 42.7 Å². The fraction of sp³-hybridized carbons (Fsp3) is 0.278. The first-order valence-electron chi connectivity index (χ1n) is 8.22. The van der Waals surface area contributed by atoms with Crippen LogP contribution in [0.3, 0.4) is 0 Å². The normalized spacial score (nSPS) is 22.4. The second-order valence-electron chi connectivity index (χ2n) is 6.34. The number of amides is 1. The summed E-state index contributed by atoms with van der Waals surface area (Å²) in [5.74, 6) is -0.183. The van der Waals surface area contributed by atoms with E-state index in [0.717, 1.165) is 11.3 Å². The van der Waals surface area contributed by atoms with Gasteiger partial charge in [0.15, 0.2) is 0 Å². The molecule has 0 radical (unpaired) electrons. The molecule has 7 nitrogen and oxygen atoms in total. The van der Waals surface area contributed by atoms with E-state index in [1.165, 1.54) is 0 Å². The monoisotopic (exact) mass is 337 g/mol. The van der Waals surface area contributed by atoms with E-state index in [-0.39, 0.29) is 18.0 Å². The van der Waals surface area contributed by atoms with Crippen LogP contribution in [0.1, 0.15) is 28.4 Å². The van der Waals surface area contributed by atoms with Gasteiger partial charge in [0.1, 0.15) is 0 Å². The van der Waals surface area contributed by atoms with E-state index in [1.54, 1.807) is 34.0 Å². The van der Waals surface area contributed by atoms with Crippen LogP contribution < -0.4 is 5.32 Å². The third-order valence-corrected chi connectivity index (χ3v) is 4.55. The molecule has 2 heterocycles. The molecule has 1 saturated carbocycles. The van der Waals surface area contributed by atoms with Crippen LogP contribution in [0, 0.1) is 6.92 Å². The van der Waals surface area contributed by atoms with Gasteiger partial charge in [-0.05, 0) is 37.1 Å². The molecule has 0 unspecified atom stereocenters. The molecule has 2 aromatic heterocycles. The van der Waals surface area contributed by atoms with Gasteiger partial charge in [-0.15, -0.1) is 0 Å². The van der Waals surface area contributed by atoms with Crippen molar-refractivity contribution in [2.75, 3.05) is 0 Å². The van der Waals surface area contributed by atoms with Crippen molar-refractivity contribution in [1.29, 1.82) is 0 Å². The SMILES string of the molecule is Cc1cnn([C@H]2[C@H](O)C[C@@H]2NC(=O)c2ccccc2-n2cccn2)c1. The first-order valence-corrected chi connectivity index (χ1v) is 8.22. The van der Waals surface area contributed by atoms with Gasteiger partial charge in [0.2, 0.25) is 0 Å². The number of aromatic nitrogens is 4. The third kappa shape index (κ3) is 2.83. The predicted molar refractivity (Wildman–Crippen MR) is 91.4 cm³/mol. The van der Waals surface area contributed by atoms with Crippen molar-refractivity contribution in [2.45, 2.75) is 31.5 Å². The number of benzene rings is 1. The van der Waals surface area contributed by atoms with Crippen LogP contribution in [0.5, 0.6) is 0 Å². The summed E-state index contributed by atoms with van der Waals surface area (Å²) in [7, 11) is 0. The van der Waals surface area contributed by atoms with E-state index < -0.39 is 6.10 Å². The summed E-state index contributed by atoms with van der Waals surface area (Å²) in [4.78, 5) is 12.8. The van der Waals surface area contributed by atoms with Crippen molar-refractivity contribution >= 4 is 5.91 Å². The van der Waals surface area contributed by atoms with Gasteiger partial charge in [-0.25, -0.2) is 4.68 Å². The Morgan fingerprint density at radius 3 is 2.80 bits per heavy atom. The number of aryl methyl sites for hydroxylation is 1. The molecule has 3 atom stereocenters. The highest BCUT2D eigenvalue weighted by Gasteiger charge is 2.43. The number of carbonyl (C=O) groups is 1. The standard InChI is InChI=1S/C18H19N5O2/c1-12-10-20-23(11-12)17-14(9-16(17)24)21-18(25)13-5-2-3-6-15(13)22-8-4-7-19-22/h2-8,10-11,14,16-17,24H,9H2,1H3,(H,21,25)/t14-,16+,17+/m0/s1. The van der Waals surface area contributed by atoms with Gasteiger partial charge in [0.05, 0.1) is 35.6 Å². The Morgan fingerprint density at radius 2 is 2.12 bits per heavy atom. The highest BCUT2D eigenvalue weighted by atomic mass is 16.3. The molecule has 1 aliphatic carbocycles. The van der Waals surface area contributed by atoms with Crippen molar-refractivity contribution < 1.29 is 9.90 Å². The molecule has 7 heteroatoms. The predicted octanol–water partition coefficient (Wildman–Crippen LogP) is 1.48. The highest BCUT2D eigenvalue weighted by molar-refractivity contribution is 5.98. The van der Waals surface area contributed by atoms with Crippen LogP contribution >= 0.6 is 0 Å². The summed E-state index contributed by atoms with van der Waals surface area (Å²) in [5.41, 5.74) is 2.28. The van der Waals surface area contributed by atoms with Crippen LogP contribution in [0.25, 0.3) is 5.69 Å². The van der Waals surface area contributed by atoms with Crippen molar-refractivity contribution in [3.8, 4) is 5.69 Å². The summed E-state index contributed by atoms with van der Waals surface area (Å²) >= 11 is 0. The Hall–Kier alpha value is -2.93. The molecule has 1 amide bonds. The van der Waals surface area contributed by atoms with E-state index >= 15 is 0 Å². The molecule has 2 N–H and O–H groups in total. The van der Waals surface area contributed by atoms with Crippen LogP contribution in [0.2, 0.25) is 0 Å². The minimum Gasteiger partial charge on any atom is -0.391 e. The third-order valence-electron chi connectivity index (χ3n) is 4.55. The van der Waals surface area contributed by atoms with Crippen LogP contribution in [0.15, 0.2) is 55.1 Å². The molecule has 25 heavy (non-hydrogen) atoms. The summed E-state index contributed by atoms with van der Waals surface area (Å²) in [5, 5.41) is 21.6. The molecule has 4 rings (SSSR count). The fourth-order valence-corrected chi connectivity index (χ4v) is 3.24. The van der Waals surface area contributed by atoms with E-state index in [2.05, 4.69) is 15.5 Å². The molecule has 1 fully saturated rings. The minimum absolute atomic E-state index is 0.160. The molecule has 0 saturated heterocycles. The van der Waals surface area contributed by atoms with Crippen molar-refractivity contribution in [3.05, 3.63) is 66.2 Å². The maximum absolute atomic E-state index is 12.8. The molecule has 1 aliphatic rings. The summed E-state index contributed by atoms with van der Waals surface area (Å²) in [6.07, 6.45) is 7.10. The Bertz CT molecular complexity index is 887. The minimum atomic E-state index is -0.508. The summed E-state index contributed by atoms with van der Waals surface area (Å²) in [6, 6.07) is 8.73. The molecular weight excluding hydrogens is 318 g/mol. The van der Waals surface area contributed by atoms with Crippen molar-refractivity contribution in [1.82, 2.24) is 24.9 Å². The molecule has 0 spiro atoms. The number of aliphatic hydroxyl groups is 1. The molecule has 1 aromatic carbocycles. The number of para-hydroxylation sites is 1. The molecule has 3 aromatic rings. The van der Waals surface area contributed by atoms with Gasteiger partial charge >= 0.3 is 0 Å². The Labute approximate surface area is 144 Å². The molecule has 0 bridgehead atoms. The van der Waals surface area contributed by atoms with E-state index in [9.17, 15) is 9.90 Å². The first-order chi connectivity index (χ1) is 12.1. The first kappa shape index (κ1) is 15.6. The summed E-state index contributed by atoms with van der Waals surface area (Å²) in [6.45, 7) is 1.95. The van der Waals surface area contributed by atoms with Gasteiger partial charge in [-0.1, -0.05) is 12.1 Å². The lowest BCUT2D eigenvalue weighted by Crippen LogP contribution is -2.56. The van der Waals surface area contributed by atoms with Gasteiger partial charge in [-0.2, -0.15) is 10.2 Å². The van der Waals surface area contributed by atoms with Crippen LogP contribution in [-0.2, 0) is 0 Å². The van der Waals surface area contributed by atoms with Gasteiger partial charge < -0.3 is 10.4 Å². The second-order valence-corrected chi connectivity index (χ2v) is 6.34. The average Bonchev–Trinajstić information content (AvgIpc) is 3.26. The smallest absolute Gasteiger partial charge is 0.253 e. The molecule has 128 valence electrons. The number of aliphatic hydroxyl groups excluding tert-OH is 1. The zero-order chi connectivity index (χ0) is 17.4. The van der Waals surface area contributed by atoms with Crippen molar-refractivity contribution in [3.63, 3.8) is 0 Å². The zero-order valence-corrected chi connectivity index (χ0v) is 13.8. The summed E-state index contributed by atoms with van der Waals surface area (Å²) < 4.78 is 3.40. The zero-order valence-electron chi connectivity index (χ0n) is 13.8. The Morgan fingerprint density at radius 1 is 1.28 bits per heavy atom. The average molecular weight is 337 g/mol.